The van der Waals surface area contributed by atoms with Crippen molar-refractivity contribution in [1.82, 2.24) is 5.32 Å². The van der Waals surface area contributed by atoms with Crippen LogP contribution in [0, 0.1) is 12.8 Å². The quantitative estimate of drug-likeness (QED) is 0.934. The molecule has 2 heterocycles. The summed E-state index contributed by atoms with van der Waals surface area (Å²) in [5.74, 6) is 3.41. The second-order valence-electron chi connectivity index (χ2n) is 6.54. The zero-order valence-corrected chi connectivity index (χ0v) is 14.0. The van der Waals surface area contributed by atoms with Crippen LogP contribution in [0.15, 0.2) is 42.5 Å². The van der Waals surface area contributed by atoms with E-state index in [1.807, 2.05) is 18.2 Å². The first-order valence-corrected chi connectivity index (χ1v) is 8.60. The van der Waals surface area contributed by atoms with Crippen molar-refractivity contribution in [2.75, 3.05) is 26.5 Å². The van der Waals surface area contributed by atoms with Gasteiger partial charge < -0.3 is 19.5 Å². The van der Waals surface area contributed by atoms with Crippen LogP contribution in [0.1, 0.15) is 23.5 Å². The lowest BCUT2D eigenvalue weighted by Crippen LogP contribution is -2.38. The Morgan fingerprint density at radius 2 is 2.00 bits per heavy atom. The molecule has 0 unspecified atom stereocenters. The van der Waals surface area contributed by atoms with Gasteiger partial charge in [0.15, 0.2) is 11.5 Å². The highest BCUT2D eigenvalue weighted by molar-refractivity contribution is 5.46. The summed E-state index contributed by atoms with van der Waals surface area (Å²) < 4.78 is 16.9. The maximum absolute atomic E-state index is 6.09. The van der Waals surface area contributed by atoms with Gasteiger partial charge in [0.1, 0.15) is 5.75 Å². The highest BCUT2D eigenvalue weighted by atomic mass is 16.7. The van der Waals surface area contributed by atoms with E-state index in [9.17, 15) is 0 Å². The smallest absolute Gasteiger partial charge is 0.231 e. The number of piperidine rings is 1. The molecular formula is C20H23NO3. The SMILES string of the molecule is Cc1ccccc1[C@@H]1CCNC[C@H]1COc1ccc2c(c1)OCO2. The molecule has 2 atom stereocenters. The number of nitrogens with one attached hydrogen (secondary N) is 1. The minimum absolute atomic E-state index is 0.292. The molecule has 0 saturated carbocycles. The van der Waals surface area contributed by atoms with Gasteiger partial charge in [0.2, 0.25) is 6.79 Å². The van der Waals surface area contributed by atoms with Gasteiger partial charge in [-0.05, 0) is 49.1 Å². The average Bonchev–Trinajstić information content (AvgIpc) is 3.08. The molecule has 2 aromatic carbocycles. The number of hydrogen-bond acceptors (Lipinski definition) is 4. The van der Waals surface area contributed by atoms with Gasteiger partial charge >= 0.3 is 0 Å². The van der Waals surface area contributed by atoms with E-state index < -0.39 is 0 Å². The molecule has 126 valence electrons. The molecule has 1 fully saturated rings. The fraction of sp³-hybridized carbons (Fsp3) is 0.400. The van der Waals surface area contributed by atoms with Crippen molar-refractivity contribution < 1.29 is 14.2 Å². The van der Waals surface area contributed by atoms with Crippen LogP contribution in [-0.2, 0) is 0 Å². The summed E-state index contributed by atoms with van der Waals surface area (Å²) in [6.45, 7) is 5.25. The number of fused-ring (bicyclic) bond motifs is 1. The lowest BCUT2D eigenvalue weighted by atomic mass is 9.80. The first-order valence-electron chi connectivity index (χ1n) is 8.60. The zero-order valence-electron chi connectivity index (χ0n) is 14.0. The summed E-state index contributed by atoms with van der Waals surface area (Å²) in [7, 11) is 0. The van der Waals surface area contributed by atoms with E-state index in [4.69, 9.17) is 14.2 Å². The van der Waals surface area contributed by atoms with E-state index in [2.05, 4.69) is 36.5 Å². The van der Waals surface area contributed by atoms with E-state index in [0.717, 1.165) is 36.8 Å². The van der Waals surface area contributed by atoms with Crippen LogP contribution in [0.2, 0.25) is 0 Å². The molecule has 0 radical (unpaired) electrons. The Labute approximate surface area is 142 Å². The summed E-state index contributed by atoms with van der Waals surface area (Å²) in [6, 6.07) is 14.5. The molecule has 0 aliphatic carbocycles. The molecule has 2 aliphatic heterocycles. The van der Waals surface area contributed by atoms with Crippen LogP contribution in [0.25, 0.3) is 0 Å². The number of aryl methyl sites for hydroxylation is 1. The Balaban J connectivity index is 1.47. The highest BCUT2D eigenvalue weighted by Gasteiger charge is 2.28. The predicted octanol–water partition coefficient (Wildman–Crippen LogP) is 3.50. The topological polar surface area (TPSA) is 39.7 Å². The van der Waals surface area contributed by atoms with Crippen LogP contribution in [-0.4, -0.2) is 26.5 Å². The maximum atomic E-state index is 6.09. The lowest BCUT2D eigenvalue weighted by Gasteiger charge is -2.33. The molecule has 1 saturated heterocycles. The molecule has 4 heteroatoms. The standard InChI is InChI=1S/C20H23NO3/c1-14-4-2-3-5-17(14)18-8-9-21-11-15(18)12-22-16-6-7-19-20(10-16)24-13-23-19/h2-7,10,15,18,21H,8-9,11-13H2,1H3/t15-,18+/m0/s1. The highest BCUT2D eigenvalue weighted by Crippen LogP contribution is 2.36. The molecule has 4 nitrogen and oxygen atoms in total. The fourth-order valence-electron chi connectivity index (χ4n) is 3.68. The molecule has 0 spiro atoms. The van der Waals surface area contributed by atoms with Crippen LogP contribution < -0.4 is 19.5 Å². The summed E-state index contributed by atoms with van der Waals surface area (Å²) in [6.07, 6.45) is 1.15. The van der Waals surface area contributed by atoms with Crippen molar-refractivity contribution in [3.8, 4) is 17.2 Å². The molecule has 2 aliphatic rings. The molecule has 24 heavy (non-hydrogen) atoms. The van der Waals surface area contributed by atoms with Gasteiger partial charge in [0, 0.05) is 18.5 Å². The molecule has 1 N–H and O–H groups in total. The van der Waals surface area contributed by atoms with Crippen molar-refractivity contribution in [3.05, 3.63) is 53.6 Å². The van der Waals surface area contributed by atoms with Crippen LogP contribution in [0.3, 0.4) is 0 Å². The van der Waals surface area contributed by atoms with E-state index >= 15 is 0 Å². The van der Waals surface area contributed by atoms with Gasteiger partial charge in [-0.2, -0.15) is 0 Å². The summed E-state index contributed by atoms with van der Waals surface area (Å²) in [5, 5.41) is 3.51. The van der Waals surface area contributed by atoms with E-state index in [-0.39, 0.29) is 0 Å². The van der Waals surface area contributed by atoms with Gasteiger partial charge in [0.05, 0.1) is 6.61 Å². The van der Waals surface area contributed by atoms with Crippen molar-refractivity contribution in [3.63, 3.8) is 0 Å². The van der Waals surface area contributed by atoms with Crippen molar-refractivity contribution in [2.24, 2.45) is 5.92 Å². The Morgan fingerprint density at radius 1 is 1.12 bits per heavy atom. The Kier molecular flexibility index (Phi) is 4.30. The average molecular weight is 325 g/mol. The number of hydrogen-bond donors (Lipinski definition) is 1. The zero-order chi connectivity index (χ0) is 16.4. The molecule has 0 bridgehead atoms. The number of rotatable bonds is 4. The predicted molar refractivity (Wildman–Crippen MR) is 93.0 cm³/mol. The van der Waals surface area contributed by atoms with Gasteiger partial charge in [0.25, 0.3) is 0 Å². The molecule has 0 aromatic heterocycles. The molecular weight excluding hydrogens is 302 g/mol. The fourth-order valence-corrected chi connectivity index (χ4v) is 3.68. The normalized spacial score (nSPS) is 22.4. The van der Waals surface area contributed by atoms with E-state index in [0.29, 0.717) is 25.2 Å². The first kappa shape index (κ1) is 15.3. The minimum Gasteiger partial charge on any atom is -0.493 e. The third-order valence-electron chi connectivity index (χ3n) is 5.00. The Bertz CT molecular complexity index is 716. The third kappa shape index (κ3) is 3.06. The van der Waals surface area contributed by atoms with Gasteiger partial charge in [-0.3, -0.25) is 0 Å². The third-order valence-corrected chi connectivity index (χ3v) is 5.00. The lowest BCUT2D eigenvalue weighted by molar-refractivity contribution is 0.173. The van der Waals surface area contributed by atoms with Gasteiger partial charge in [-0.25, -0.2) is 0 Å². The maximum Gasteiger partial charge on any atom is 0.231 e. The summed E-state index contributed by atoms with van der Waals surface area (Å²) >= 11 is 0. The van der Waals surface area contributed by atoms with Crippen LogP contribution in [0.5, 0.6) is 17.2 Å². The Morgan fingerprint density at radius 3 is 2.92 bits per heavy atom. The number of ether oxygens (including phenoxy) is 3. The van der Waals surface area contributed by atoms with Crippen LogP contribution in [0.4, 0.5) is 0 Å². The van der Waals surface area contributed by atoms with Gasteiger partial charge in [-0.15, -0.1) is 0 Å². The summed E-state index contributed by atoms with van der Waals surface area (Å²) in [4.78, 5) is 0. The molecule has 4 rings (SSSR count). The van der Waals surface area contributed by atoms with Crippen molar-refractivity contribution in [1.29, 1.82) is 0 Å². The van der Waals surface area contributed by atoms with Crippen LogP contribution >= 0.6 is 0 Å². The molecule has 0 amide bonds. The van der Waals surface area contributed by atoms with E-state index in [1.165, 1.54) is 11.1 Å². The molecule has 2 aromatic rings. The second kappa shape index (κ2) is 6.73. The Hall–Kier alpha value is -2.20. The minimum atomic E-state index is 0.292. The number of benzene rings is 2. The van der Waals surface area contributed by atoms with E-state index in [1.54, 1.807) is 0 Å². The van der Waals surface area contributed by atoms with Crippen molar-refractivity contribution >= 4 is 0 Å². The monoisotopic (exact) mass is 325 g/mol. The van der Waals surface area contributed by atoms with Gasteiger partial charge in [-0.1, -0.05) is 24.3 Å². The largest absolute Gasteiger partial charge is 0.493 e. The first-order chi connectivity index (χ1) is 11.8. The second-order valence-corrected chi connectivity index (χ2v) is 6.54. The van der Waals surface area contributed by atoms with Crippen molar-refractivity contribution in [2.45, 2.75) is 19.3 Å². The summed E-state index contributed by atoms with van der Waals surface area (Å²) in [5.41, 5.74) is 2.83.